The number of pyridine rings is 1. The summed E-state index contributed by atoms with van der Waals surface area (Å²) in [6.07, 6.45) is 8.78. The minimum absolute atomic E-state index is 0.0454. The molecule has 0 unspecified atom stereocenters. The Kier molecular flexibility index (Phi) is 5.22. The summed E-state index contributed by atoms with van der Waals surface area (Å²) in [5.74, 6) is 1.13. The highest BCUT2D eigenvalue weighted by molar-refractivity contribution is 5.48. The highest BCUT2D eigenvalue weighted by atomic mass is 16.5. The van der Waals surface area contributed by atoms with Crippen LogP contribution in [-0.4, -0.2) is 37.1 Å². The quantitative estimate of drug-likeness (QED) is 0.660. The van der Waals surface area contributed by atoms with Crippen LogP contribution in [0.2, 0.25) is 0 Å². The van der Waals surface area contributed by atoms with Crippen molar-refractivity contribution in [1.82, 2.24) is 19.4 Å². The van der Waals surface area contributed by atoms with Crippen LogP contribution in [0.1, 0.15) is 25.5 Å². The number of hydrogen-bond donors (Lipinski definition) is 2. The van der Waals surface area contributed by atoms with Crippen LogP contribution in [-0.2, 0) is 6.61 Å². The summed E-state index contributed by atoms with van der Waals surface area (Å²) < 4.78 is 7.78. The fourth-order valence-corrected chi connectivity index (χ4v) is 2.49. The van der Waals surface area contributed by atoms with E-state index in [1.807, 2.05) is 35.0 Å². The molecule has 3 aromatic heterocycles. The van der Waals surface area contributed by atoms with Crippen LogP contribution in [0, 0.1) is 0 Å². The molecular weight excluding hydrogens is 306 g/mol. The van der Waals surface area contributed by atoms with E-state index in [1.165, 1.54) is 6.33 Å². The van der Waals surface area contributed by atoms with Gasteiger partial charge in [-0.05, 0) is 18.6 Å². The van der Waals surface area contributed by atoms with Gasteiger partial charge in [-0.15, -0.1) is 0 Å². The van der Waals surface area contributed by atoms with Crippen molar-refractivity contribution in [3.8, 4) is 5.75 Å². The van der Waals surface area contributed by atoms with Crippen molar-refractivity contribution >= 4 is 11.5 Å². The first-order chi connectivity index (χ1) is 11.8. The molecule has 0 spiro atoms. The second-order valence-electron chi connectivity index (χ2n) is 5.54. The molecule has 24 heavy (non-hydrogen) atoms. The molecule has 2 N–H and O–H groups in total. The van der Waals surface area contributed by atoms with Gasteiger partial charge in [0.05, 0.1) is 24.5 Å². The molecule has 0 saturated heterocycles. The van der Waals surface area contributed by atoms with E-state index >= 15 is 0 Å². The predicted octanol–water partition coefficient (Wildman–Crippen LogP) is 2.28. The minimum Gasteiger partial charge on any atom is -0.482 e. The maximum absolute atomic E-state index is 9.44. The molecule has 7 heteroatoms. The average molecular weight is 327 g/mol. The van der Waals surface area contributed by atoms with Gasteiger partial charge in [0.2, 0.25) is 0 Å². The highest BCUT2D eigenvalue weighted by Gasteiger charge is 2.12. The zero-order valence-corrected chi connectivity index (χ0v) is 13.6. The summed E-state index contributed by atoms with van der Waals surface area (Å²) in [6, 6.07) is 5.79. The Labute approximate surface area is 140 Å². The predicted molar refractivity (Wildman–Crippen MR) is 91.0 cm³/mol. The third kappa shape index (κ3) is 3.80. The van der Waals surface area contributed by atoms with E-state index in [0.29, 0.717) is 18.2 Å². The summed E-state index contributed by atoms with van der Waals surface area (Å²) in [5, 5.41) is 12.6. The molecule has 0 aliphatic carbocycles. The van der Waals surface area contributed by atoms with Gasteiger partial charge in [-0.2, -0.15) is 0 Å². The second kappa shape index (κ2) is 7.74. The molecule has 3 aromatic rings. The van der Waals surface area contributed by atoms with Gasteiger partial charge in [0.1, 0.15) is 18.6 Å². The van der Waals surface area contributed by atoms with Gasteiger partial charge in [0.15, 0.2) is 11.6 Å². The lowest BCUT2D eigenvalue weighted by atomic mass is 10.2. The van der Waals surface area contributed by atoms with Gasteiger partial charge in [-0.1, -0.05) is 19.4 Å². The SMILES string of the molecule is CCC[C@@H](CO)Nc1ncncc1OCc1cn2ccccc2n1. The highest BCUT2D eigenvalue weighted by Crippen LogP contribution is 2.22. The first-order valence-corrected chi connectivity index (χ1v) is 8.03. The van der Waals surface area contributed by atoms with Crippen LogP contribution in [0.3, 0.4) is 0 Å². The van der Waals surface area contributed by atoms with Crippen molar-refractivity contribution in [3.05, 3.63) is 48.8 Å². The van der Waals surface area contributed by atoms with Gasteiger partial charge in [-0.3, -0.25) is 0 Å². The van der Waals surface area contributed by atoms with Crippen LogP contribution in [0.15, 0.2) is 43.1 Å². The van der Waals surface area contributed by atoms with E-state index in [-0.39, 0.29) is 12.6 Å². The molecule has 1 atom stereocenters. The second-order valence-corrected chi connectivity index (χ2v) is 5.54. The summed E-state index contributed by atoms with van der Waals surface area (Å²) in [6.45, 7) is 2.44. The topological polar surface area (TPSA) is 84.6 Å². The van der Waals surface area contributed by atoms with Crippen molar-refractivity contribution < 1.29 is 9.84 Å². The molecule has 0 radical (unpaired) electrons. The number of fused-ring (bicyclic) bond motifs is 1. The number of rotatable bonds is 8. The number of imidazole rings is 1. The Hall–Kier alpha value is -2.67. The average Bonchev–Trinajstić information content (AvgIpc) is 3.03. The zero-order chi connectivity index (χ0) is 16.8. The molecule has 0 fully saturated rings. The van der Waals surface area contributed by atoms with E-state index in [1.54, 1.807) is 6.20 Å². The van der Waals surface area contributed by atoms with Crippen LogP contribution in [0.5, 0.6) is 5.75 Å². The van der Waals surface area contributed by atoms with Crippen molar-refractivity contribution in [2.45, 2.75) is 32.4 Å². The van der Waals surface area contributed by atoms with E-state index < -0.39 is 0 Å². The number of nitrogens with one attached hydrogen (secondary N) is 1. The Bertz CT molecular complexity index is 756. The molecule has 0 aromatic carbocycles. The minimum atomic E-state index is -0.0533. The molecule has 0 saturated carbocycles. The van der Waals surface area contributed by atoms with Crippen LogP contribution < -0.4 is 10.1 Å². The molecule has 0 aliphatic rings. The third-order valence-electron chi connectivity index (χ3n) is 3.67. The lowest BCUT2D eigenvalue weighted by molar-refractivity contribution is 0.266. The van der Waals surface area contributed by atoms with Crippen molar-refractivity contribution in [3.63, 3.8) is 0 Å². The fraction of sp³-hybridized carbons (Fsp3) is 0.353. The molecule has 0 amide bonds. The Morgan fingerprint density at radius 2 is 2.29 bits per heavy atom. The van der Waals surface area contributed by atoms with Gasteiger partial charge in [0.25, 0.3) is 0 Å². The maximum Gasteiger partial charge on any atom is 0.180 e. The Morgan fingerprint density at radius 3 is 3.08 bits per heavy atom. The molecule has 7 nitrogen and oxygen atoms in total. The lowest BCUT2D eigenvalue weighted by Gasteiger charge is -2.17. The van der Waals surface area contributed by atoms with Crippen molar-refractivity contribution in [1.29, 1.82) is 0 Å². The number of aromatic nitrogens is 4. The van der Waals surface area contributed by atoms with Crippen LogP contribution >= 0.6 is 0 Å². The fourth-order valence-electron chi connectivity index (χ4n) is 2.49. The zero-order valence-electron chi connectivity index (χ0n) is 13.6. The summed E-state index contributed by atoms with van der Waals surface area (Å²) >= 11 is 0. The van der Waals surface area contributed by atoms with Crippen LogP contribution in [0.4, 0.5) is 5.82 Å². The van der Waals surface area contributed by atoms with Crippen LogP contribution in [0.25, 0.3) is 5.65 Å². The van der Waals surface area contributed by atoms with E-state index in [4.69, 9.17) is 4.74 Å². The van der Waals surface area contributed by atoms with E-state index in [2.05, 4.69) is 27.2 Å². The van der Waals surface area contributed by atoms with Gasteiger partial charge in [0, 0.05) is 12.4 Å². The third-order valence-corrected chi connectivity index (χ3v) is 3.67. The molecule has 3 rings (SSSR count). The summed E-state index contributed by atoms with van der Waals surface area (Å²) in [7, 11) is 0. The largest absolute Gasteiger partial charge is 0.482 e. The molecule has 0 aliphatic heterocycles. The molecular formula is C17H21N5O2. The Balaban J connectivity index is 1.70. The van der Waals surface area contributed by atoms with E-state index in [0.717, 1.165) is 24.2 Å². The summed E-state index contributed by atoms with van der Waals surface area (Å²) in [5.41, 5.74) is 1.70. The van der Waals surface area contributed by atoms with Crippen molar-refractivity contribution in [2.24, 2.45) is 0 Å². The number of ether oxygens (including phenoxy) is 1. The maximum atomic E-state index is 9.44. The molecule has 126 valence electrons. The molecule has 3 heterocycles. The number of anilines is 1. The first kappa shape index (κ1) is 16.2. The monoisotopic (exact) mass is 327 g/mol. The lowest BCUT2D eigenvalue weighted by Crippen LogP contribution is -2.24. The number of aliphatic hydroxyl groups is 1. The smallest absolute Gasteiger partial charge is 0.180 e. The van der Waals surface area contributed by atoms with Gasteiger partial charge >= 0.3 is 0 Å². The number of nitrogens with zero attached hydrogens (tertiary/aromatic N) is 4. The number of aliphatic hydroxyl groups excluding tert-OH is 1. The molecule has 0 bridgehead atoms. The number of hydrogen-bond acceptors (Lipinski definition) is 6. The van der Waals surface area contributed by atoms with Gasteiger partial charge in [-0.25, -0.2) is 15.0 Å². The Morgan fingerprint density at radius 1 is 1.38 bits per heavy atom. The van der Waals surface area contributed by atoms with Gasteiger partial charge < -0.3 is 19.6 Å². The van der Waals surface area contributed by atoms with Crippen molar-refractivity contribution in [2.75, 3.05) is 11.9 Å². The normalized spacial score (nSPS) is 12.2. The first-order valence-electron chi connectivity index (χ1n) is 8.03. The van der Waals surface area contributed by atoms with E-state index in [9.17, 15) is 5.11 Å². The standard InChI is InChI=1S/C17H21N5O2/c1-2-5-13(10-23)21-17-15(8-18-12-19-17)24-11-14-9-22-7-4-3-6-16(22)20-14/h3-4,6-9,12-13,23H,2,5,10-11H2,1H3,(H,18,19,21)/t13-/m0/s1. The summed E-state index contributed by atoms with van der Waals surface area (Å²) in [4.78, 5) is 12.7.